The first kappa shape index (κ1) is 20.4. The Hall–Kier alpha value is -1.95. The molecule has 0 amide bonds. The van der Waals surface area contributed by atoms with Gasteiger partial charge in [-0.15, -0.1) is 0 Å². The van der Waals surface area contributed by atoms with Crippen LogP contribution in [0.3, 0.4) is 0 Å². The predicted octanol–water partition coefficient (Wildman–Crippen LogP) is 3.87. The maximum atomic E-state index is 9.08. The third-order valence-electron chi connectivity index (χ3n) is 4.45. The van der Waals surface area contributed by atoms with Gasteiger partial charge in [-0.2, -0.15) is 0 Å². The normalized spacial score (nSPS) is 16.1. The van der Waals surface area contributed by atoms with E-state index in [4.69, 9.17) is 13.0 Å². The highest BCUT2D eigenvalue weighted by molar-refractivity contribution is 7.84. The molecule has 1 heterocycles. The first-order valence-electron chi connectivity index (χ1n) is 8.86. The quantitative estimate of drug-likeness (QED) is 0.606. The molecule has 3 rings (SSSR count). The fourth-order valence-electron chi connectivity index (χ4n) is 3.23. The van der Waals surface area contributed by atoms with Gasteiger partial charge in [0.15, 0.2) is 0 Å². The largest absolute Gasteiger partial charge is 0.748 e. The first-order valence-corrected chi connectivity index (χ1v) is 10.7. The molecule has 0 spiro atoms. The molecule has 4 nitrogen and oxygen atoms in total. The molecule has 0 atom stereocenters. The summed E-state index contributed by atoms with van der Waals surface area (Å²) < 4.78 is 28.3. The van der Waals surface area contributed by atoms with E-state index in [-0.39, 0.29) is 0 Å². The van der Waals surface area contributed by atoms with Gasteiger partial charge in [-0.25, -0.2) is 8.42 Å². The zero-order chi connectivity index (χ0) is 19.0. The van der Waals surface area contributed by atoms with Crippen molar-refractivity contribution in [1.82, 2.24) is 0 Å². The van der Waals surface area contributed by atoms with E-state index >= 15 is 0 Å². The molecule has 1 fully saturated rings. The molecule has 0 aliphatic carbocycles. The molecule has 5 heteroatoms. The Morgan fingerprint density at radius 1 is 0.885 bits per heavy atom. The molecule has 0 aromatic heterocycles. The van der Waals surface area contributed by atoms with Gasteiger partial charge < -0.3 is 4.55 Å². The van der Waals surface area contributed by atoms with Crippen LogP contribution in [-0.4, -0.2) is 43.8 Å². The van der Waals surface area contributed by atoms with Gasteiger partial charge >= 0.3 is 0 Å². The van der Waals surface area contributed by atoms with Gasteiger partial charge in [0.25, 0.3) is 0 Å². The van der Waals surface area contributed by atoms with E-state index in [9.17, 15) is 0 Å². The Balaban J connectivity index is 0.000000431. The average molecular weight is 374 g/mol. The van der Waals surface area contributed by atoms with Gasteiger partial charge in [-0.1, -0.05) is 60.7 Å². The van der Waals surface area contributed by atoms with Crippen molar-refractivity contribution in [1.29, 1.82) is 0 Å². The maximum Gasteiger partial charge on any atom is 0.104 e. The number of likely N-dealkylation sites (tertiary alicyclic amines) is 1. The Kier molecular flexibility index (Phi) is 7.14. The van der Waals surface area contributed by atoms with Crippen molar-refractivity contribution in [3.8, 4) is 0 Å². The Labute approximate surface area is 157 Å². The molecule has 1 aliphatic rings. The van der Waals surface area contributed by atoms with Crippen molar-refractivity contribution in [3.05, 3.63) is 78.0 Å². The summed E-state index contributed by atoms with van der Waals surface area (Å²) in [6.45, 7) is 2.51. The second-order valence-electron chi connectivity index (χ2n) is 6.97. The third kappa shape index (κ3) is 7.12. The van der Waals surface area contributed by atoms with Gasteiger partial charge in [-0.05, 0) is 30.4 Å². The van der Waals surface area contributed by atoms with Gasteiger partial charge in [0.1, 0.15) is 6.20 Å². The molecule has 0 bridgehead atoms. The number of hydrogen-bond acceptors (Lipinski definition) is 3. The Bertz CT molecular complexity index is 759. The van der Waals surface area contributed by atoms with Gasteiger partial charge in [0.2, 0.25) is 0 Å². The molecular weight excluding hydrogens is 346 g/mol. The van der Waals surface area contributed by atoms with Crippen LogP contribution in [0.4, 0.5) is 0 Å². The van der Waals surface area contributed by atoms with Crippen LogP contribution in [0.2, 0.25) is 0 Å². The highest BCUT2D eigenvalue weighted by Gasteiger charge is 2.24. The van der Waals surface area contributed by atoms with E-state index < -0.39 is 10.1 Å². The second kappa shape index (κ2) is 9.12. The summed E-state index contributed by atoms with van der Waals surface area (Å²) in [5.41, 5.74) is 3.99. The molecule has 1 saturated heterocycles. The molecule has 140 valence electrons. The fourth-order valence-corrected chi connectivity index (χ4v) is 3.23. The third-order valence-corrected chi connectivity index (χ3v) is 4.45. The monoisotopic (exact) mass is 373 g/mol. The van der Waals surface area contributed by atoms with Crippen LogP contribution in [0.25, 0.3) is 5.57 Å². The summed E-state index contributed by atoms with van der Waals surface area (Å²) in [6, 6.07) is 21.6. The van der Waals surface area contributed by atoms with Crippen molar-refractivity contribution < 1.29 is 17.5 Å². The molecule has 2 aromatic rings. The van der Waals surface area contributed by atoms with Crippen LogP contribution in [0.1, 0.15) is 30.4 Å². The van der Waals surface area contributed by atoms with Crippen LogP contribution in [-0.2, 0) is 10.1 Å². The van der Waals surface area contributed by atoms with E-state index in [1.807, 2.05) is 0 Å². The maximum absolute atomic E-state index is 9.08. The summed E-state index contributed by atoms with van der Waals surface area (Å²) in [6.07, 6.45) is 7.14. The van der Waals surface area contributed by atoms with E-state index in [1.54, 1.807) is 0 Å². The highest BCUT2D eigenvalue weighted by atomic mass is 32.2. The summed E-state index contributed by atoms with van der Waals surface area (Å²) in [7, 11) is -1.55. The molecule has 1 aliphatic heterocycles. The fraction of sp³-hybridized carbons (Fsp3) is 0.333. The first-order chi connectivity index (χ1) is 12.3. The van der Waals surface area contributed by atoms with Gasteiger partial charge in [0, 0.05) is 11.8 Å². The van der Waals surface area contributed by atoms with Crippen molar-refractivity contribution >= 4 is 15.7 Å². The minimum atomic E-state index is -3.92. The molecule has 0 saturated carbocycles. The number of quaternary nitrogens is 1. The molecule has 2 aromatic carbocycles. The molecule has 0 unspecified atom stereocenters. The van der Waals surface area contributed by atoms with E-state index in [1.165, 1.54) is 49.1 Å². The Morgan fingerprint density at radius 3 is 1.65 bits per heavy atom. The van der Waals surface area contributed by atoms with Crippen molar-refractivity contribution in [2.75, 3.05) is 26.4 Å². The number of benzene rings is 2. The van der Waals surface area contributed by atoms with Crippen molar-refractivity contribution in [3.63, 3.8) is 0 Å². The van der Waals surface area contributed by atoms with Gasteiger partial charge in [-0.3, -0.25) is 4.48 Å². The zero-order valence-electron chi connectivity index (χ0n) is 15.5. The standard InChI is InChI=1S/C20H24N.CH4O3S/c1-21(15-9-4-10-16-21)17-20(18-11-5-2-6-12-18)19-13-7-3-8-14-19;1-5(2,3)4/h2-3,5-8,11-14,17H,4,9-10,15-16H2,1H3;1H3,(H,2,3,4)/q+1;/p-1. The summed E-state index contributed by atoms with van der Waals surface area (Å²) in [4.78, 5) is 0. The zero-order valence-corrected chi connectivity index (χ0v) is 16.3. The Morgan fingerprint density at radius 2 is 1.27 bits per heavy atom. The van der Waals surface area contributed by atoms with E-state index in [0.29, 0.717) is 6.26 Å². The van der Waals surface area contributed by atoms with Crippen LogP contribution in [0.5, 0.6) is 0 Å². The second-order valence-corrected chi connectivity index (χ2v) is 8.37. The number of hydrogen-bond donors (Lipinski definition) is 0. The minimum Gasteiger partial charge on any atom is -0.748 e. The average Bonchev–Trinajstić information content (AvgIpc) is 2.60. The molecule has 0 radical (unpaired) electrons. The van der Waals surface area contributed by atoms with E-state index in [2.05, 4.69) is 73.9 Å². The number of rotatable bonds is 3. The lowest BCUT2D eigenvalue weighted by Gasteiger charge is -2.35. The summed E-state index contributed by atoms with van der Waals surface area (Å²) in [5, 5.41) is 0. The lowest BCUT2D eigenvalue weighted by Crippen LogP contribution is -2.43. The number of nitrogens with zero attached hydrogens (tertiary/aromatic N) is 1. The van der Waals surface area contributed by atoms with Crippen LogP contribution in [0, 0.1) is 0 Å². The minimum absolute atomic E-state index is 0.604. The van der Waals surface area contributed by atoms with Crippen molar-refractivity contribution in [2.45, 2.75) is 19.3 Å². The highest BCUT2D eigenvalue weighted by Crippen LogP contribution is 2.27. The van der Waals surface area contributed by atoms with Gasteiger partial charge in [0.05, 0.1) is 30.3 Å². The van der Waals surface area contributed by atoms with E-state index in [0.717, 1.165) is 4.48 Å². The van der Waals surface area contributed by atoms with Crippen LogP contribution < -0.4 is 0 Å². The lowest BCUT2D eigenvalue weighted by atomic mass is 9.97. The summed E-state index contributed by atoms with van der Waals surface area (Å²) in [5.74, 6) is 0. The lowest BCUT2D eigenvalue weighted by molar-refractivity contribution is -0.864. The topological polar surface area (TPSA) is 57.2 Å². The van der Waals surface area contributed by atoms with Crippen LogP contribution >= 0.6 is 0 Å². The molecular formula is C21H27NO3S. The summed E-state index contributed by atoms with van der Waals surface area (Å²) >= 11 is 0. The molecule has 26 heavy (non-hydrogen) atoms. The van der Waals surface area contributed by atoms with Crippen LogP contribution in [0.15, 0.2) is 66.9 Å². The smallest absolute Gasteiger partial charge is 0.104 e. The predicted molar refractivity (Wildman–Crippen MR) is 105 cm³/mol. The number of piperidine rings is 1. The SMILES string of the molecule is CS(=O)(=O)[O-].C[N+]1(C=C(c2ccccc2)c2ccccc2)CCCCC1. The molecule has 0 N–H and O–H groups in total. The van der Waals surface area contributed by atoms with Crippen molar-refractivity contribution in [2.24, 2.45) is 0 Å².